The molecule has 0 saturated carbocycles. The highest BCUT2D eigenvalue weighted by Gasteiger charge is 2.59. The molecule has 0 amide bonds. The van der Waals surface area contributed by atoms with Gasteiger partial charge in [0, 0.05) is 6.42 Å². The van der Waals surface area contributed by atoms with Crippen molar-refractivity contribution in [2.45, 2.75) is 38.4 Å². The number of carbonyl (C=O) groups excluding carboxylic acids is 1. The van der Waals surface area contributed by atoms with Gasteiger partial charge in [0.2, 0.25) is 0 Å². The van der Waals surface area contributed by atoms with E-state index in [1.165, 1.54) is 0 Å². The minimum atomic E-state index is -0.792. The van der Waals surface area contributed by atoms with E-state index in [0.29, 0.717) is 6.42 Å². The highest BCUT2D eigenvalue weighted by Crippen LogP contribution is 2.50. The maximum absolute atomic E-state index is 11.9. The second-order valence-electron chi connectivity index (χ2n) is 4.95. The van der Waals surface area contributed by atoms with E-state index in [2.05, 4.69) is 0 Å². The van der Waals surface area contributed by atoms with Crippen LogP contribution < -0.4 is 0 Å². The monoisotopic (exact) mass is 196 g/mol. The van der Waals surface area contributed by atoms with E-state index in [9.17, 15) is 9.90 Å². The van der Waals surface area contributed by atoms with E-state index < -0.39 is 16.6 Å². The van der Waals surface area contributed by atoms with Crippen molar-refractivity contribution >= 4 is 5.78 Å². The van der Waals surface area contributed by atoms with Gasteiger partial charge in [0.25, 0.3) is 0 Å². The molecule has 2 aliphatic rings. The van der Waals surface area contributed by atoms with Gasteiger partial charge in [-0.1, -0.05) is 12.2 Å². The first kappa shape index (κ1) is 9.87. The molecule has 1 saturated heterocycles. The fourth-order valence-corrected chi connectivity index (χ4v) is 2.32. The molecule has 14 heavy (non-hydrogen) atoms. The predicted molar refractivity (Wildman–Crippen MR) is 51.9 cm³/mol. The average molecular weight is 196 g/mol. The largest absolute Gasteiger partial charge is 0.395 e. The van der Waals surface area contributed by atoms with E-state index in [0.717, 1.165) is 0 Å². The normalized spacial score (nSPS) is 51.3. The Morgan fingerprint density at radius 3 is 2.64 bits per heavy atom. The SMILES string of the molecule is CC12C=CC(C)(O1)C(C)(CO)C(=O)C2. The van der Waals surface area contributed by atoms with Crippen LogP contribution in [0.15, 0.2) is 12.2 Å². The number of Topliss-reactive ketones (excluding diaryl/α,β-unsaturated/α-hetero) is 1. The Hall–Kier alpha value is -0.670. The summed E-state index contributed by atoms with van der Waals surface area (Å²) in [5.74, 6) is 0.0845. The second-order valence-corrected chi connectivity index (χ2v) is 4.95. The molecule has 2 rings (SSSR count). The van der Waals surface area contributed by atoms with Crippen LogP contribution in [0.3, 0.4) is 0 Å². The van der Waals surface area contributed by atoms with Gasteiger partial charge >= 0.3 is 0 Å². The van der Waals surface area contributed by atoms with Crippen molar-refractivity contribution in [2.75, 3.05) is 6.61 Å². The van der Waals surface area contributed by atoms with Crippen LogP contribution in [0.4, 0.5) is 0 Å². The molecule has 2 heterocycles. The number of fused-ring (bicyclic) bond motifs is 2. The quantitative estimate of drug-likeness (QED) is 0.638. The third-order valence-electron chi connectivity index (χ3n) is 3.74. The molecular weight excluding hydrogens is 180 g/mol. The zero-order valence-corrected chi connectivity index (χ0v) is 8.83. The third kappa shape index (κ3) is 0.969. The highest BCUT2D eigenvalue weighted by atomic mass is 16.5. The first-order valence-electron chi connectivity index (χ1n) is 4.90. The lowest BCUT2D eigenvalue weighted by Gasteiger charge is -2.47. The molecule has 0 aliphatic carbocycles. The van der Waals surface area contributed by atoms with E-state index in [1.54, 1.807) is 6.92 Å². The number of aliphatic hydroxyl groups excluding tert-OH is 1. The molecule has 0 aromatic carbocycles. The van der Waals surface area contributed by atoms with Crippen molar-refractivity contribution in [3.05, 3.63) is 12.2 Å². The smallest absolute Gasteiger partial charge is 0.147 e. The van der Waals surface area contributed by atoms with Crippen LogP contribution in [0.5, 0.6) is 0 Å². The second kappa shape index (κ2) is 2.47. The summed E-state index contributed by atoms with van der Waals surface area (Å²) >= 11 is 0. The maximum atomic E-state index is 11.9. The zero-order valence-electron chi connectivity index (χ0n) is 8.83. The standard InChI is InChI=1S/C11H16O3/c1-9-4-5-11(3,14-9)10(2,7-12)8(13)6-9/h4-5,12H,6-7H2,1-3H3. The Bertz CT molecular complexity index is 322. The minimum absolute atomic E-state index is 0.0845. The molecule has 3 atom stereocenters. The Labute approximate surface area is 83.8 Å². The van der Waals surface area contributed by atoms with Crippen LogP contribution in [-0.4, -0.2) is 28.7 Å². The maximum Gasteiger partial charge on any atom is 0.147 e. The molecule has 0 aromatic rings. The average Bonchev–Trinajstić information content (AvgIpc) is 2.38. The predicted octanol–water partition coefficient (Wildman–Crippen LogP) is 1.06. The van der Waals surface area contributed by atoms with Gasteiger partial charge in [0.05, 0.1) is 23.2 Å². The van der Waals surface area contributed by atoms with Crippen LogP contribution in [0, 0.1) is 5.41 Å². The molecule has 1 N–H and O–H groups in total. The first-order chi connectivity index (χ1) is 6.35. The zero-order chi connectivity index (χ0) is 10.6. The number of aliphatic hydroxyl groups is 1. The number of hydrogen-bond donors (Lipinski definition) is 1. The van der Waals surface area contributed by atoms with Crippen molar-refractivity contribution < 1.29 is 14.6 Å². The molecule has 0 aromatic heterocycles. The molecule has 1 fully saturated rings. The summed E-state index contributed by atoms with van der Waals surface area (Å²) in [6.45, 7) is 5.37. The molecule has 2 aliphatic heterocycles. The molecule has 0 radical (unpaired) electrons. The van der Waals surface area contributed by atoms with Gasteiger partial charge in [-0.15, -0.1) is 0 Å². The summed E-state index contributed by atoms with van der Waals surface area (Å²) < 4.78 is 5.86. The lowest BCUT2D eigenvalue weighted by atomic mass is 9.69. The van der Waals surface area contributed by atoms with Crippen molar-refractivity contribution in [3.8, 4) is 0 Å². The summed E-state index contributed by atoms with van der Waals surface area (Å²) in [5.41, 5.74) is -1.90. The van der Waals surface area contributed by atoms with Gasteiger partial charge in [0.1, 0.15) is 5.78 Å². The van der Waals surface area contributed by atoms with Crippen molar-refractivity contribution in [2.24, 2.45) is 5.41 Å². The van der Waals surface area contributed by atoms with Gasteiger partial charge < -0.3 is 9.84 Å². The lowest BCUT2D eigenvalue weighted by Crippen LogP contribution is -2.58. The van der Waals surface area contributed by atoms with Crippen LogP contribution in [-0.2, 0) is 9.53 Å². The van der Waals surface area contributed by atoms with Crippen LogP contribution in [0.1, 0.15) is 27.2 Å². The summed E-state index contributed by atoms with van der Waals surface area (Å²) in [6.07, 6.45) is 4.20. The molecule has 2 bridgehead atoms. The molecular formula is C11H16O3. The topological polar surface area (TPSA) is 46.5 Å². The van der Waals surface area contributed by atoms with Gasteiger partial charge in [0.15, 0.2) is 0 Å². The van der Waals surface area contributed by atoms with E-state index in [-0.39, 0.29) is 12.4 Å². The molecule has 78 valence electrons. The third-order valence-corrected chi connectivity index (χ3v) is 3.74. The van der Waals surface area contributed by atoms with Crippen LogP contribution in [0.2, 0.25) is 0 Å². The number of carbonyl (C=O) groups is 1. The number of ether oxygens (including phenoxy) is 1. The molecule has 3 nitrogen and oxygen atoms in total. The van der Waals surface area contributed by atoms with Gasteiger partial charge in [-0.25, -0.2) is 0 Å². The van der Waals surface area contributed by atoms with E-state index in [4.69, 9.17) is 4.74 Å². The Morgan fingerprint density at radius 2 is 2.07 bits per heavy atom. The fraction of sp³-hybridized carbons (Fsp3) is 0.727. The van der Waals surface area contributed by atoms with E-state index >= 15 is 0 Å². The van der Waals surface area contributed by atoms with Crippen molar-refractivity contribution in [3.63, 3.8) is 0 Å². The molecule has 3 heteroatoms. The summed E-state index contributed by atoms with van der Waals surface area (Å²) in [6, 6.07) is 0. The lowest BCUT2D eigenvalue weighted by molar-refractivity contribution is -0.190. The first-order valence-corrected chi connectivity index (χ1v) is 4.90. The van der Waals surface area contributed by atoms with E-state index in [1.807, 2.05) is 26.0 Å². The summed E-state index contributed by atoms with van der Waals surface area (Å²) in [7, 11) is 0. The highest BCUT2D eigenvalue weighted by molar-refractivity contribution is 5.89. The van der Waals surface area contributed by atoms with Crippen molar-refractivity contribution in [1.82, 2.24) is 0 Å². The number of rotatable bonds is 1. The van der Waals surface area contributed by atoms with Gasteiger partial charge in [-0.3, -0.25) is 4.79 Å². The Balaban J connectivity index is 2.48. The fourth-order valence-electron chi connectivity index (χ4n) is 2.32. The van der Waals surface area contributed by atoms with Crippen molar-refractivity contribution in [1.29, 1.82) is 0 Å². The summed E-state index contributed by atoms with van der Waals surface area (Å²) in [5, 5.41) is 9.36. The molecule has 3 unspecified atom stereocenters. The minimum Gasteiger partial charge on any atom is -0.395 e. The van der Waals surface area contributed by atoms with Crippen LogP contribution >= 0.6 is 0 Å². The van der Waals surface area contributed by atoms with Gasteiger partial charge in [-0.05, 0) is 20.8 Å². The Morgan fingerprint density at radius 1 is 1.43 bits per heavy atom. The Kier molecular flexibility index (Phi) is 1.74. The number of ketones is 1. The number of hydrogen-bond acceptors (Lipinski definition) is 3. The molecule has 0 spiro atoms. The summed E-state index contributed by atoms with van der Waals surface area (Å²) in [4.78, 5) is 11.9. The van der Waals surface area contributed by atoms with Gasteiger partial charge in [-0.2, -0.15) is 0 Å². The van der Waals surface area contributed by atoms with Crippen LogP contribution in [0.25, 0.3) is 0 Å².